The minimum atomic E-state index is -1.14. The summed E-state index contributed by atoms with van der Waals surface area (Å²) >= 11 is 0. The number of aliphatic carboxylic acids is 1. The van der Waals surface area contributed by atoms with E-state index in [4.69, 9.17) is 17.2 Å². The Balaban J connectivity index is 2.50. The zero-order valence-electron chi connectivity index (χ0n) is 17.5. The first-order valence-corrected chi connectivity index (χ1v) is 10.6. The third kappa shape index (κ3) is 8.64. The van der Waals surface area contributed by atoms with Crippen LogP contribution < -0.4 is 27.8 Å². The average Bonchev–Trinajstić information content (AvgIpc) is 3.20. The van der Waals surface area contributed by atoms with Gasteiger partial charge in [-0.2, -0.15) is 0 Å². The van der Waals surface area contributed by atoms with Crippen LogP contribution in [0.5, 0.6) is 0 Å². The Morgan fingerprint density at radius 1 is 1.03 bits per heavy atom. The molecule has 0 aromatic heterocycles. The summed E-state index contributed by atoms with van der Waals surface area (Å²) in [6.07, 6.45) is 4.69. The molecule has 11 heteroatoms. The van der Waals surface area contributed by atoms with Gasteiger partial charge in [0.2, 0.25) is 17.7 Å². The highest BCUT2D eigenvalue weighted by Gasteiger charge is 2.36. The molecule has 0 saturated carbocycles. The topological polar surface area (TPSA) is 194 Å². The van der Waals surface area contributed by atoms with Crippen molar-refractivity contribution < 1.29 is 24.3 Å². The molecule has 0 bridgehead atoms. The molecule has 0 aromatic carbocycles. The fourth-order valence-corrected chi connectivity index (χ4v) is 3.43. The average molecular weight is 429 g/mol. The third-order valence-corrected chi connectivity index (χ3v) is 5.13. The van der Waals surface area contributed by atoms with E-state index in [1.54, 1.807) is 0 Å². The van der Waals surface area contributed by atoms with Gasteiger partial charge in [0.1, 0.15) is 12.1 Å². The molecule has 172 valence electrons. The minimum absolute atomic E-state index is 0.263. The number of hydrogen-bond donors (Lipinski definition) is 6. The number of carbonyl (C=O) groups excluding carboxylic acids is 3. The van der Waals surface area contributed by atoms with E-state index >= 15 is 0 Å². The Morgan fingerprint density at radius 2 is 1.67 bits per heavy atom. The lowest BCUT2D eigenvalue weighted by atomic mass is 10.1. The van der Waals surface area contributed by atoms with Gasteiger partial charge in [-0.05, 0) is 58.0 Å². The van der Waals surface area contributed by atoms with Gasteiger partial charge in [0.15, 0.2) is 0 Å². The van der Waals surface area contributed by atoms with E-state index in [0.717, 1.165) is 12.8 Å². The number of nitrogens with two attached hydrogens (primary N) is 3. The number of carboxylic acids is 1. The fourth-order valence-electron chi connectivity index (χ4n) is 3.43. The molecule has 3 amide bonds. The van der Waals surface area contributed by atoms with Crippen molar-refractivity contribution in [2.45, 2.75) is 69.5 Å². The number of likely N-dealkylation sites (tertiary alicyclic amines) is 1. The van der Waals surface area contributed by atoms with E-state index in [1.807, 2.05) is 0 Å². The first-order valence-electron chi connectivity index (χ1n) is 10.6. The third-order valence-electron chi connectivity index (χ3n) is 5.13. The highest BCUT2D eigenvalue weighted by Crippen LogP contribution is 2.19. The number of hydrogen-bond acceptors (Lipinski definition) is 7. The van der Waals surface area contributed by atoms with Crippen LogP contribution in [0, 0.1) is 0 Å². The Labute approximate surface area is 177 Å². The predicted molar refractivity (Wildman–Crippen MR) is 111 cm³/mol. The zero-order valence-corrected chi connectivity index (χ0v) is 17.5. The second-order valence-electron chi connectivity index (χ2n) is 7.54. The molecule has 3 atom stereocenters. The molecule has 1 fully saturated rings. The molecule has 0 spiro atoms. The maximum Gasteiger partial charge on any atom is 0.326 e. The van der Waals surface area contributed by atoms with E-state index in [0.29, 0.717) is 51.7 Å². The van der Waals surface area contributed by atoms with Gasteiger partial charge in [-0.3, -0.25) is 14.4 Å². The van der Waals surface area contributed by atoms with E-state index < -0.39 is 35.9 Å². The molecule has 3 unspecified atom stereocenters. The maximum atomic E-state index is 12.6. The molecule has 9 N–H and O–H groups in total. The SMILES string of the molecule is NCCCCC(N)C(=O)N1CCCC1C(=O)NCC(=O)NC(CCCCN)C(=O)O. The van der Waals surface area contributed by atoms with E-state index in [1.165, 1.54) is 4.90 Å². The van der Waals surface area contributed by atoms with Crippen LogP contribution >= 0.6 is 0 Å². The summed E-state index contributed by atoms with van der Waals surface area (Å²) in [6, 6.07) is -2.39. The summed E-state index contributed by atoms with van der Waals surface area (Å²) in [4.78, 5) is 49.9. The lowest BCUT2D eigenvalue weighted by Crippen LogP contribution is -2.53. The molecule has 1 aliphatic heterocycles. The highest BCUT2D eigenvalue weighted by molar-refractivity contribution is 5.93. The number of unbranched alkanes of at least 4 members (excludes halogenated alkanes) is 2. The molecule has 30 heavy (non-hydrogen) atoms. The largest absolute Gasteiger partial charge is 0.480 e. The number of rotatable bonds is 14. The Hall–Kier alpha value is -2.24. The zero-order chi connectivity index (χ0) is 22.5. The standard InChI is InChI=1S/C19H36N6O5/c20-9-3-1-6-13(22)18(28)25-11-5-8-15(25)17(27)23-12-16(26)24-14(19(29)30)7-2-4-10-21/h13-15H,1-12,20-22H2,(H,23,27)(H,24,26)(H,29,30). The summed E-state index contributed by atoms with van der Waals surface area (Å²) in [7, 11) is 0. The molecule has 1 aliphatic rings. The smallest absolute Gasteiger partial charge is 0.326 e. The van der Waals surface area contributed by atoms with Crippen molar-refractivity contribution in [3.63, 3.8) is 0 Å². The molecule has 0 aromatic rings. The molecule has 11 nitrogen and oxygen atoms in total. The monoisotopic (exact) mass is 428 g/mol. The van der Waals surface area contributed by atoms with Gasteiger partial charge in [-0.1, -0.05) is 6.42 Å². The summed E-state index contributed by atoms with van der Waals surface area (Å²) in [5.74, 6) is -2.46. The van der Waals surface area contributed by atoms with Gasteiger partial charge in [0.05, 0.1) is 12.6 Å². The van der Waals surface area contributed by atoms with Crippen LogP contribution in [0.25, 0.3) is 0 Å². The summed E-state index contributed by atoms with van der Waals surface area (Å²) in [6.45, 7) is 1.06. The van der Waals surface area contributed by atoms with Crippen LogP contribution in [0.2, 0.25) is 0 Å². The van der Waals surface area contributed by atoms with Crippen molar-refractivity contribution in [3.05, 3.63) is 0 Å². The normalized spacial score (nSPS) is 18.0. The van der Waals surface area contributed by atoms with Crippen LogP contribution in [0.15, 0.2) is 0 Å². The Bertz CT molecular complexity index is 588. The summed E-state index contributed by atoms with van der Waals surface area (Å²) < 4.78 is 0. The molecule has 1 saturated heterocycles. The van der Waals surface area contributed by atoms with Gasteiger partial charge >= 0.3 is 5.97 Å². The first-order chi connectivity index (χ1) is 14.3. The Kier molecular flexibility index (Phi) is 11.9. The molecule has 0 radical (unpaired) electrons. The van der Waals surface area contributed by atoms with Gasteiger partial charge < -0.3 is 37.8 Å². The van der Waals surface area contributed by atoms with Crippen LogP contribution in [-0.2, 0) is 19.2 Å². The lowest BCUT2D eigenvalue weighted by molar-refractivity contribution is -0.142. The second-order valence-corrected chi connectivity index (χ2v) is 7.54. The van der Waals surface area contributed by atoms with Crippen LogP contribution in [-0.4, -0.2) is 78.0 Å². The first kappa shape index (κ1) is 25.8. The van der Waals surface area contributed by atoms with Crippen molar-refractivity contribution in [1.29, 1.82) is 0 Å². The molecule has 0 aliphatic carbocycles. The molecular weight excluding hydrogens is 392 g/mol. The number of nitrogens with zero attached hydrogens (tertiary/aromatic N) is 1. The predicted octanol–water partition coefficient (Wildman–Crippen LogP) is -1.75. The maximum absolute atomic E-state index is 12.6. The minimum Gasteiger partial charge on any atom is -0.480 e. The van der Waals surface area contributed by atoms with Crippen molar-refractivity contribution >= 4 is 23.7 Å². The summed E-state index contributed by atoms with van der Waals surface area (Å²) in [5.41, 5.74) is 16.8. The molecular formula is C19H36N6O5. The van der Waals surface area contributed by atoms with Gasteiger partial charge in [0, 0.05) is 6.54 Å². The number of nitrogens with one attached hydrogen (secondary N) is 2. The highest BCUT2D eigenvalue weighted by atomic mass is 16.4. The summed E-state index contributed by atoms with van der Waals surface area (Å²) in [5, 5.41) is 14.1. The van der Waals surface area contributed by atoms with Crippen molar-refractivity contribution in [2.75, 3.05) is 26.2 Å². The lowest BCUT2D eigenvalue weighted by Gasteiger charge is -2.26. The molecule has 1 rings (SSSR count). The van der Waals surface area contributed by atoms with E-state index in [2.05, 4.69) is 10.6 Å². The van der Waals surface area contributed by atoms with Gasteiger partial charge in [-0.15, -0.1) is 0 Å². The van der Waals surface area contributed by atoms with Crippen LogP contribution in [0.3, 0.4) is 0 Å². The fraction of sp³-hybridized carbons (Fsp3) is 0.789. The van der Waals surface area contributed by atoms with Gasteiger partial charge in [0.25, 0.3) is 0 Å². The van der Waals surface area contributed by atoms with E-state index in [-0.39, 0.29) is 18.9 Å². The van der Waals surface area contributed by atoms with Crippen LogP contribution in [0.4, 0.5) is 0 Å². The second kappa shape index (κ2) is 13.9. The van der Waals surface area contributed by atoms with Crippen LogP contribution in [0.1, 0.15) is 51.4 Å². The van der Waals surface area contributed by atoms with Crippen molar-refractivity contribution in [2.24, 2.45) is 17.2 Å². The molecule has 1 heterocycles. The number of amides is 3. The van der Waals surface area contributed by atoms with E-state index in [9.17, 15) is 24.3 Å². The number of carboxylic acid groups (broad SMARTS) is 1. The number of carbonyl (C=O) groups is 4. The van der Waals surface area contributed by atoms with Gasteiger partial charge in [-0.25, -0.2) is 4.79 Å². The Morgan fingerprint density at radius 3 is 2.27 bits per heavy atom. The van der Waals surface area contributed by atoms with Crippen molar-refractivity contribution in [3.8, 4) is 0 Å². The van der Waals surface area contributed by atoms with Crippen molar-refractivity contribution in [1.82, 2.24) is 15.5 Å². The quantitative estimate of drug-likeness (QED) is 0.175.